The van der Waals surface area contributed by atoms with Crippen LogP contribution in [0, 0.1) is 0 Å². The number of imidazole rings is 1. The lowest BCUT2D eigenvalue weighted by Gasteiger charge is -2.08. The highest BCUT2D eigenvalue weighted by Crippen LogP contribution is 2.14. The van der Waals surface area contributed by atoms with E-state index in [1.165, 1.54) is 0 Å². The van der Waals surface area contributed by atoms with Crippen molar-refractivity contribution in [1.29, 1.82) is 0 Å². The highest BCUT2D eigenvalue weighted by molar-refractivity contribution is 5.89. The second-order valence-electron chi connectivity index (χ2n) is 4.13. The molecule has 0 saturated heterocycles. The molecular formula is C13H17N5O. The third-order valence-corrected chi connectivity index (χ3v) is 2.76. The van der Waals surface area contributed by atoms with Gasteiger partial charge in [0, 0.05) is 31.7 Å². The van der Waals surface area contributed by atoms with Crippen molar-refractivity contribution in [3.05, 3.63) is 42.5 Å². The molecule has 100 valence electrons. The van der Waals surface area contributed by atoms with Gasteiger partial charge < -0.3 is 20.5 Å². The number of amides is 2. The molecule has 0 fully saturated rings. The largest absolute Gasteiger partial charge is 0.379 e. The van der Waals surface area contributed by atoms with E-state index in [9.17, 15) is 4.79 Å². The molecule has 0 atom stereocenters. The van der Waals surface area contributed by atoms with E-state index >= 15 is 0 Å². The van der Waals surface area contributed by atoms with Crippen molar-refractivity contribution < 1.29 is 4.79 Å². The van der Waals surface area contributed by atoms with Crippen LogP contribution < -0.4 is 16.0 Å². The second kappa shape index (κ2) is 5.90. The summed E-state index contributed by atoms with van der Waals surface area (Å²) in [6, 6.07) is 7.31. The third kappa shape index (κ3) is 3.48. The molecule has 0 radical (unpaired) electrons. The molecule has 1 aromatic heterocycles. The van der Waals surface area contributed by atoms with Gasteiger partial charge in [-0.1, -0.05) is 0 Å². The first-order valence-corrected chi connectivity index (χ1v) is 5.97. The summed E-state index contributed by atoms with van der Waals surface area (Å²) in [5.74, 6) is 0. The van der Waals surface area contributed by atoms with E-state index in [0.29, 0.717) is 6.54 Å². The lowest BCUT2D eigenvalue weighted by molar-refractivity contribution is 0.254. The van der Waals surface area contributed by atoms with Crippen LogP contribution in [0.2, 0.25) is 0 Å². The Kier molecular flexibility index (Phi) is 4.02. The van der Waals surface area contributed by atoms with Crippen LogP contribution in [0.1, 0.15) is 5.69 Å². The van der Waals surface area contributed by atoms with Crippen LogP contribution in [0.3, 0.4) is 0 Å². The third-order valence-electron chi connectivity index (χ3n) is 2.76. The minimum absolute atomic E-state index is 0.226. The van der Waals surface area contributed by atoms with Gasteiger partial charge in [-0.25, -0.2) is 9.78 Å². The minimum Gasteiger partial charge on any atom is -0.379 e. The van der Waals surface area contributed by atoms with Gasteiger partial charge in [-0.2, -0.15) is 0 Å². The van der Waals surface area contributed by atoms with E-state index < -0.39 is 0 Å². The van der Waals surface area contributed by atoms with E-state index in [4.69, 9.17) is 0 Å². The van der Waals surface area contributed by atoms with Crippen molar-refractivity contribution in [1.82, 2.24) is 14.9 Å². The summed E-state index contributed by atoms with van der Waals surface area (Å²) in [4.78, 5) is 15.2. The van der Waals surface area contributed by atoms with E-state index in [1.807, 2.05) is 42.1 Å². The van der Waals surface area contributed by atoms with Crippen LogP contribution in [0.15, 0.2) is 36.8 Å². The van der Waals surface area contributed by atoms with Gasteiger partial charge in [0.25, 0.3) is 0 Å². The maximum absolute atomic E-state index is 11.1. The first-order valence-electron chi connectivity index (χ1n) is 5.97. The number of urea groups is 1. The molecule has 0 saturated carbocycles. The van der Waals surface area contributed by atoms with Crippen molar-refractivity contribution in [2.75, 3.05) is 17.7 Å². The van der Waals surface area contributed by atoms with Gasteiger partial charge in [0.05, 0.1) is 18.6 Å². The van der Waals surface area contributed by atoms with Crippen LogP contribution in [0.4, 0.5) is 16.2 Å². The Bertz CT molecular complexity index is 546. The van der Waals surface area contributed by atoms with Crippen molar-refractivity contribution in [2.45, 2.75) is 6.54 Å². The van der Waals surface area contributed by atoms with E-state index in [0.717, 1.165) is 17.1 Å². The number of nitrogens with zero attached hydrogens (tertiary/aromatic N) is 2. The minimum atomic E-state index is -0.226. The quantitative estimate of drug-likeness (QED) is 0.784. The van der Waals surface area contributed by atoms with Crippen LogP contribution in [-0.2, 0) is 13.6 Å². The van der Waals surface area contributed by atoms with Crippen molar-refractivity contribution in [3.8, 4) is 0 Å². The molecule has 2 rings (SSSR count). The molecule has 6 nitrogen and oxygen atoms in total. The maximum Gasteiger partial charge on any atom is 0.318 e. The molecule has 1 heterocycles. The number of aromatic nitrogens is 2. The summed E-state index contributed by atoms with van der Waals surface area (Å²) >= 11 is 0. The van der Waals surface area contributed by atoms with Crippen LogP contribution in [0.25, 0.3) is 0 Å². The molecule has 0 unspecified atom stereocenters. The van der Waals surface area contributed by atoms with Crippen LogP contribution >= 0.6 is 0 Å². The van der Waals surface area contributed by atoms with Crippen molar-refractivity contribution >= 4 is 17.4 Å². The average Bonchev–Trinajstić information content (AvgIpc) is 2.83. The number of anilines is 2. The fourth-order valence-electron chi connectivity index (χ4n) is 1.61. The number of carbonyl (C=O) groups excluding carboxylic acids is 1. The zero-order valence-electron chi connectivity index (χ0n) is 11.0. The van der Waals surface area contributed by atoms with E-state index in [-0.39, 0.29) is 6.03 Å². The normalized spacial score (nSPS) is 10.0. The number of carbonyl (C=O) groups is 1. The predicted molar refractivity (Wildman–Crippen MR) is 75.1 cm³/mol. The smallest absolute Gasteiger partial charge is 0.318 e. The molecule has 0 bridgehead atoms. The molecule has 19 heavy (non-hydrogen) atoms. The Morgan fingerprint density at radius 3 is 2.53 bits per heavy atom. The van der Waals surface area contributed by atoms with E-state index in [1.54, 1.807) is 13.4 Å². The SMILES string of the molecule is CNC(=O)Nc1ccc(NCc2cncn2C)cc1. The van der Waals surface area contributed by atoms with Gasteiger partial charge in [0.15, 0.2) is 0 Å². The molecule has 0 aliphatic heterocycles. The molecule has 0 spiro atoms. The summed E-state index contributed by atoms with van der Waals surface area (Å²) in [6.07, 6.45) is 3.60. The molecule has 2 amide bonds. The lowest BCUT2D eigenvalue weighted by Crippen LogP contribution is -2.24. The number of aryl methyl sites for hydroxylation is 1. The summed E-state index contributed by atoms with van der Waals surface area (Å²) in [5.41, 5.74) is 2.85. The second-order valence-corrected chi connectivity index (χ2v) is 4.13. The molecule has 0 aliphatic carbocycles. The summed E-state index contributed by atoms with van der Waals surface area (Å²) in [6.45, 7) is 0.707. The number of nitrogens with one attached hydrogen (secondary N) is 3. The average molecular weight is 259 g/mol. The van der Waals surface area contributed by atoms with Crippen molar-refractivity contribution in [2.24, 2.45) is 7.05 Å². The van der Waals surface area contributed by atoms with Gasteiger partial charge in [-0.05, 0) is 24.3 Å². The Hall–Kier alpha value is -2.50. The Balaban J connectivity index is 1.92. The summed E-state index contributed by atoms with van der Waals surface area (Å²) in [7, 11) is 3.54. The van der Waals surface area contributed by atoms with Gasteiger partial charge in [-0.3, -0.25) is 0 Å². The van der Waals surface area contributed by atoms with Gasteiger partial charge in [0.2, 0.25) is 0 Å². The number of rotatable bonds is 4. The highest BCUT2D eigenvalue weighted by atomic mass is 16.2. The van der Waals surface area contributed by atoms with Crippen LogP contribution in [0.5, 0.6) is 0 Å². The van der Waals surface area contributed by atoms with E-state index in [2.05, 4.69) is 20.9 Å². The number of benzene rings is 1. The Morgan fingerprint density at radius 2 is 1.95 bits per heavy atom. The van der Waals surface area contributed by atoms with Gasteiger partial charge >= 0.3 is 6.03 Å². The summed E-state index contributed by atoms with van der Waals surface area (Å²) < 4.78 is 1.97. The Labute approximate surface area is 111 Å². The number of hydrogen-bond donors (Lipinski definition) is 3. The zero-order valence-corrected chi connectivity index (χ0v) is 11.0. The molecule has 2 aromatic rings. The predicted octanol–water partition coefficient (Wildman–Crippen LogP) is 1.78. The molecule has 3 N–H and O–H groups in total. The van der Waals surface area contributed by atoms with Gasteiger partial charge in [0.1, 0.15) is 0 Å². The maximum atomic E-state index is 11.1. The van der Waals surface area contributed by atoms with Crippen LogP contribution in [-0.4, -0.2) is 22.6 Å². The number of hydrogen-bond acceptors (Lipinski definition) is 3. The molecule has 1 aromatic carbocycles. The standard InChI is InChI=1S/C13H17N5O/c1-14-13(19)17-11-5-3-10(4-6-11)16-8-12-7-15-9-18(12)2/h3-7,9,16H,8H2,1-2H3,(H2,14,17,19). The fourth-order valence-corrected chi connectivity index (χ4v) is 1.61. The van der Waals surface area contributed by atoms with Gasteiger partial charge in [-0.15, -0.1) is 0 Å². The lowest BCUT2D eigenvalue weighted by atomic mass is 10.2. The molecular weight excluding hydrogens is 242 g/mol. The Morgan fingerprint density at radius 1 is 1.26 bits per heavy atom. The zero-order chi connectivity index (χ0) is 13.7. The molecule has 0 aliphatic rings. The van der Waals surface area contributed by atoms with Crippen molar-refractivity contribution in [3.63, 3.8) is 0 Å². The fraction of sp³-hybridized carbons (Fsp3) is 0.231. The summed E-state index contributed by atoms with van der Waals surface area (Å²) in [5, 5.41) is 8.50. The monoisotopic (exact) mass is 259 g/mol. The first kappa shape index (κ1) is 12.9. The highest BCUT2D eigenvalue weighted by Gasteiger charge is 2.00. The first-order chi connectivity index (χ1) is 9.19. The molecule has 6 heteroatoms. The topological polar surface area (TPSA) is 71.0 Å².